The van der Waals surface area contributed by atoms with Gasteiger partial charge in [-0.3, -0.25) is 4.79 Å². The zero-order chi connectivity index (χ0) is 19.9. The summed E-state index contributed by atoms with van der Waals surface area (Å²) in [6.07, 6.45) is 0. The molecular formula is C20H26N2O4S. The predicted octanol–water partition coefficient (Wildman–Crippen LogP) is 2.52. The standard InChI is InChI=1S/C20H26N2O4S/c1-15(2)22-27(24,25)14-18-9-5-4-8-17(18)12-21-20(23)13-26-19-10-6-7-16(3)11-19/h4-11,15,22H,12-14H2,1-3H3,(H,21,23). The van der Waals surface area contributed by atoms with Crippen molar-refractivity contribution in [2.45, 2.75) is 39.1 Å². The highest BCUT2D eigenvalue weighted by atomic mass is 32.2. The minimum absolute atomic E-state index is 0.0984. The summed E-state index contributed by atoms with van der Waals surface area (Å²) in [5, 5.41) is 2.77. The second-order valence-corrected chi connectivity index (χ2v) is 8.44. The van der Waals surface area contributed by atoms with E-state index in [9.17, 15) is 13.2 Å². The Morgan fingerprint density at radius 3 is 2.44 bits per heavy atom. The Bertz CT molecular complexity index is 879. The smallest absolute Gasteiger partial charge is 0.258 e. The molecule has 0 unspecified atom stereocenters. The van der Waals surface area contributed by atoms with Crippen LogP contribution in [0, 0.1) is 6.92 Å². The number of carbonyl (C=O) groups is 1. The van der Waals surface area contributed by atoms with E-state index in [4.69, 9.17) is 4.74 Å². The number of benzene rings is 2. The molecule has 146 valence electrons. The van der Waals surface area contributed by atoms with Gasteiger partial charge in [-0.05, 0) is 49.6 Å². The fourth-order valence-corrected chi connectivity index (χ4v) is 4.07. The van der Waals surface area contributed by atoms with Gasteiger partial charge >= 0.3 is 0 Å². The van der Waals surface area contributed by atoms with Crippen molar-refractivity contribution in [2.24, 2.45) is 0 Å². The predicted molar refractivity (Wildman–Crippen MR) is 106 cm³/mol. The fraction of sp³-hybridized carbons (Fsp3) is 0.350. The van der Waals surface area contributed by atoms with Gasteiger partial charge < -0.3 is 10.1 Å². The number of hydrogen-bond acceptors (Lipinski definition) is 4. The summed E-state index contributed by atoms with van der Waals surface area (Å²) < 4.78 is 32.4. The van der Waals surface area contributed by atoms with Gasteiger partial charge in [-0.25, -0.2) is 13.1 Å². The normalized spacial score (nSPS) is 11.4. The lowest BCUT2D eigenvalue weighted by Gasteiger charge is -2.13. The van der Waals surface area contributed by atoms with Gasteiger partial charge in [0.2, 0.25) is 10.0 Å². The summed E-state index contributed by atoms with van der Waals surface area (Å²) in [6, 6.07) is 14.5. The number of aryl methyl sites for hydroxylation is 1. The monoisotopic (exact) mass is 390 g/mol. The van der Waals surface area contributed by atoms with Crippen LogP contribution in [0.15, 0.2) is 48.5 Å². The van der Waals surface area contributed by atoms with E-state index in [0.29, 0.717) is 11.3 Å². The van der Waals surface area contributed by atoms with Crippen molar-refractivity contribution < 1.29 is 17.9 Å². The van der Waals surface area contributed by atoms with Crippen LogP contribution in [0.5, 0.6) is 5.75 Å². The summed E-state index contributed by atoms with van der Waals surface area (Å²) in [5.41, 5.74) is 2.47. The molecule has 0 spiro atoms. The molecule has 0 aliphatic heterocycles. The van der Waals surface area contributed by atoms with Crippen molar-refractivity contribution in [2.75, 3.05) is 6.61 Å². The highest BCUT2D eigenvalue weighted by Gasteiger charge is 2.15. The summed E-state index contributed by atoms with van der Waals surface area (Å²) in [4.78, 5) is 12.0. The van der Waals surface area contributed by atoms with Crippen LogP contribution in [-0.4, -0.2) is 27.0 Å². The minimum Gasteiger partial charge on any atom is -0.484 e. The highest BCUT2D eigenvalue weighted by molar-refractivity contribution is 7.88. The number of amides is 1. The first-order valence-corrected chi connectivity index (χ1v) is 10.4. The van der Waals surface area contributed by atoms with Crippen LogP contribution in [0.4, 0.5) is 0 Å². The van der Waals surface area contributed by atoms with Crippen LogP contribution in [0.25, 0.3) is 0 Å². The Morgan fingerprint density at radius 2 is 1.78 bits per heavy atom. The zero-order valence-corrected chi connectivity index (χ0v) is 16.7. The number of sulfonamides is 1. The zero-order valence-electron chi connectivity index (χ0n) is 15.9. The van der Waals surface area contributed by atoms with Gasteiger partial charge in [-0.1, -0.05) is 36.4 Å². The maximum absolute atomic E-state index is 12.2. The Balaban J connectivity index is 1.92. The van der Waals surface area contributed by atoms with E-state index in [2.05, 4.69) is 10.0 Å². The number of hydrogen-bond donors (Lipinski definition) is 2. The molecule has 0 radical (unpaired) electrons. The summed E-state index contributed by atoms with van der Waals surface area (Å²) in [6.45, 7) is 5.64. The molecule has 7 heteroatoms. The molecular weight excluding hydrogens is 364 g/mol. The lowest BCUT2D eigenvalue weighted by atomic mass is 10.1. The molecule has 1 amide bonds. The van der Waals surface area contributed by atoms with E-state index >= 15 is 0 Å². The lowest BCUT2D eigenvalue weighted by molar-refractivity contribution is -0.123. The molecule has 2 N–H and O–H groups in total. The van der Waals surface area contributed by atoms with Crippen LogP contribution < -0.4 is 14.8 Å². The van der Waals surface area contributed by atoms with Gasteiger partial charge in [0, 0.05) is 12.6 Å². The molecule has 0 saturated heterocycles. The van der Waals surface area contributed by atoms with Crippen molar-refractivity contribution in [3.63, 3.8) is 0 Å². The molecule has 0 fully saturated rings. The SMILES string of the molecule is Cc1cccc(OCC(=O)NCc2ccccc2CS(=O)(=O)NC(C)C)c1. The average Bonchev–Trinajstić information content (AvgIpc) is 2.58. The Labute approximate surface area is 161 Å². The number of rotatable bonds is 9. The third-order valence-electron chi connectivity index (χ3n) is 3.71. The molecule has 0 atom stereocenters. The second kappa shape index (κ2) is 9.53. The quantitative estimate of drug-likeness (QED) is 0.689. The van der Waals surface area contributed by atoms with Gasteiger partial charge in [0.1, 0.15) is 5.75 Å². The van der Waals surface area contributed by atoms with Gasteiger partial charge in [-0.2, -0.15) is 0 Å². The lowest BCUT2D eigenvalue weighted by Crippen LogP contribution is -2.32. The first kappa shape index (κ1) is 20.9. The van der Waals surface area contributed by atoms with Crippen LogP contribution in [0.1, 0.15) is 30.5 Å². The van der Waals surface area contributed by atoms with Crippen molar-refractivity contribution in [1.82, 2.24) is 10.0 Å². The molecule has 0 bridgehead atoms. The molecule has 27 heavy (non-hydrogen) atoms. The molecule has 0 aliphatic carbocycles. The molecule has 2 aromatic carbocycles. The Morgan fingerprint density at radius 1 is 1.07 bits per heavy atom. The van der Waals surface area contributed by atoms with Gasteiger partial charge in [0.05, 0.1) is 5.75 Å². The van der Waals surface area contributed by atoms with Crippen molar-refractivity contribution >= 4 is 15.9 Å². The largest absolute Gasteiger partial charge is 0.484 e. The summed E-state index contributed by atoms with van der Waals surface area (Å²) in [5.74, 6) is 0.239. The Kier molecular flexibility index (Phi) is 7.38. The maximum Gasteiger partial charge on any atom is 0.258 e. The van der Waals surface area contributed by atoms with Crippen LogP contribution >= 0.6 is 0 Å². The topological polar surface area (TPSA) is 84.5 Å². The van der Waals surface area contributed by atoms with Crippen molar-refractivity contribution in [1.29, 1.82) is 0 Å². The molecule has 2 rings (SSSR count). The first-order chi connectivity index (χ1) is 12.7. The fourth-order valence-electron chi connectivity index (χ4n) is 2.58. The van der Waals surface area contributed by atoms with E-state index < -0.39 is 10.0 Å². The van der Waals surface area contributed by atoms with E-state index in [1.165, 1.54) is 0 Å². The third-order valence-corrected chi connectivity index (χ3v) is 5.24. The third kappa shape index (κ3) is 7.40. The molecule has 0 aliphatic rings. The molecule has 6 nitrogen and oxygen atoms in total. The summed E-state index contributed by atoms with van der Waals surface area (Å²) >= 11 is 0. The highest BCUT2D eigenvalue weighted by Crippen LogP contribution is 2.13. The van der Waals surface area contributed by atoms with Crippen molar-refractivity contribution in [3.05, 3.63) is 65.2 Å². The van der Waals surface area contributed by atoms with Crippen molar-refractivity contribution in [3.8, 4) is 5.75 Å². The Hall–Kier alpha value is -2.38. The van der Waals surface area contributed by atoms with E-state index in [-0.39, 0.29) is 30.9 Å². The van der Waals surface area contributed by atoms with Crippen LogP contribution in [-0.2, 0) is 27.1 Å². The minimum atomic E-state index is -3.43. The maximum atomic E-state index is 12.2. The number of nitrogens with one attached hydrogen (secondary N) is 2. The number of carbonyl (C=O) groups excluding carboxylic acids is 1. The van der Waals surface area contributed by atoms with Crippen LogP contribution in [0.3, 0.4) is 0 Å². The van der Waals surface area contributed by atoms with Gasteiger partial charge in [0.15, 0.2) is 6.61 Å². The molecule has 0 saturated carbocycles. The first-order valence-electron chi connectivity index (χ1n) is 8.78. The molecule has 0 aromatic heterocycles. The van der Waals surface area contributed by atoms with E-state index in [1.807, 2.05) is 37.3 Å². The average molecular weight is 391 g/mol. The summed E-state index contributed by atoms with van der Waals surface area (Å²) in [7, 11) is -3.43. The van der Waals surface area contributed by atoms with E-state index in [0.717, 1.165) is 11.1 Å². The van der Waals surface area contributed by atoms with E-state index in [1.54, 1.807) is 32.0 Å². The number of ether oxygens (including phenoxy) is 1. The van der Waals surface area contributed by atoms with Gasteiger partial charge in [0.25, 0.3) is 5.91 Å². The second-order valence-electron chi connectivity index (χ2n) is 6.68. The molecule has 0 heterocycles. The van der Waals surface area contributed by atoms with Gasteiger partial charge in [-0.15, -0.1) is 0 Å². The molecule has 2 aromatic rings. The van der Waals surface area contributed by atoms with Crippen LogP contribution in [0.2, 0.25) is 0 Å².